The second-order valence-electron chi connectivity index (χ2n) is 5.79. The maximum atomic E-state index is 12.4. The van der Waals surface area contributed by atoms with E-state index in [1.165, 1.54) is 11.8 Å². The van der Waals surface area contributed by atoms with Crippen molar-refractivity contribution in [1.82, 2.24) is 10.3 Å². The van der Waals surface area contributed by atoms with Gasteiger partial charge >= 0.3 is 0 Å². The van der Waals surface area contributed by atoms with Crippen LogP contribution in [0.2, 0.25) is 0 Å². The molecule has 3 aromatic rings. The van der Waals surface area contributed by atoms with Crippen molar-refractivity contribution in [1.29, 1.82) is 0 Å². The number of benzene rings is 2. The summed E-state index contributed by atoms with van der Waals surface area (Å²) in [5, 5.41) is 6.77. The van der Waals surface area contributed by atoms with Gasteiger partial charge in [-0.3, -0.25) is 9.59 Å². The zero-order chi connectivity index (χ0) is 18.1. The molecule has 7 heteroatoms. The van der Waals surface area contributed by atoms with Gasteiger partial charge in [-0.1, -0.05) is 23.9 Å². The van der Waals surface area contributed by atoms with Crippen molar-refractivity contribution in [3.8, 4) is 0 Å². The van der Waals surface area contributed by atoms with E-state index >= 15 is 0 Å². The van der Waals surface area contributed by atoms with Crippen molar-refractivity contribution in [2.75, 3.05) is 5.32 Å². The maximum Gasteiger partial charge on any atom is 0.256 e. The highest BCUT2D eigenvalue weighted by Crippen LogP contribution is 2.38. The number of amides is 2. The molecule has 0 fully saturated rings. The van der Waals surface area contributed by atoms with Gasteiger partial charge < -0.3 is 10.6 Å². The number of thiazole rings is 1. The van der Waals surface area contributed by atoms with Crippen molar-refractivity contribution >= 4 is 40.6 Å². The molecule has 2 heterocycles. The van der Waals surface area contributed by atoms with Crippen molar-refractivity contribution in [2.24, 2.45) is 0 Å². The van der Waals surface area contributed by atoms with Gasteiger partial charge in [0.1, 0.15) is 0 Å². The lowest BCUT2D eigenvalue weighted by molar-refractivity contribution is 0.0949. The normalized spacial score (nSPS) is 12.6. The average molecular weight is 381 g/mol. The van der Waals surface area contributed by atoms with Gasteiger partial charge in [0.05, 0.1) is 22.8 Å². The second-order valence-corrected chi connectivity index (χ2v) is 8.19. The van der Waals surface area contributed by atoms with Crippen molar-refractivity contribution in [3.63, 3.8) is 0 Å². The predicted molar refractivity (Wildman–Crippen MR) is 103 cm³/mol. The molecule has 2 aromatic carbocycles. The summed E-state index contributed by atoms with van der Waals surface area (Å²) >= 11 is 3.08. The number of rotatable bonds is 3. The summed E-state index contributed by atoms with van der Waals surface area (Å²) in [5.41, 5.74) is 1.80. The van der Waals surface area contributed by atoms with E-state index in [1.54, 1.807) is 35.7 Å². The van der Waals surface area contributed by atoms with Crippen LogP contribution in [0.25, 0.3) is 0 Å². The molecule has 0 unspecified atom stereocenters. The summed E-state index contributed by atoms with van der Waals surface area (Å²) in [6.07, 6.45) is 1.77. The number of hydrogen-bond acceptors (Lipinski definition) is 5. The predicted octanol–water partition coefficient (Wildman–Crippen LogP) is 4.10. The van der Waals surface area contributed by atoms with Crippen LogP contribution >= 0.6 is 23.1 Å². The average Bonchev–Trinajstić information content (AvgIpc) is 3.00. The molecule has 0 aliphatic carbocycles. The molecule has 0 saturated carbocycles. The van der Waals surface area contributed by atoms with E-state index in [2.05, 4.69) is 15.6 Å². The molecule has 1 aliphatic rings. The minimum atomic E-state index is -0.181. The van der Waals surface area contributed by atoms with Crippen LogP contribution in [0.5, 0.6) is 0 Å². The summed E-state index contributed by atoms with van der Waals surface area (Å²) in [7, 11) is 0. The number of anilines is 1. The van der Waals surface area contributed by atoms with Crippen molar-refractivity contribution < 1.29 is 9.59 Å². The number of fused-ring (bicyclic) bond motifs is 2. The molecule has 130 valence electrons. The van der Waals surface area contributed by atoms with Gasteiger partial charge in [0.25, 0.3) is 11.8 Å². The Kier molecular flexibility index (Phi) is 4.48. The molecule has 4 rings (SSSR count). The van der Waals surface area contributed by atoms with E-state index in [0.717, 1.165) is 19.7 Å². The monoisotopic (exact) mass is 381 g/mol. The van der Waals surface area contributed by atoms with Crippen molar-refractivity contribution in [2.45, 2.75) is 23.3 Å². The van der Waals surface area contributed by atoms with Gasteiger partial charge in [0.15, 0.2) is 0 Å². The minimum Gasteiger partial charge on any atom is -0.347 e. The highest BCUT2D eigenvalue weighted by Gasteiger charge is 2.20. The molecule has 0 atom stereocenters. The quantitative estimate of drug-likeness (QED) is 0.717. The molecule has 0 radical (unpaired) electrons. The maximum absolute atomic E-state index is 12.4. The topological polar surface area (TPSA) is 71.1 Å². The summed E-state index contributed by atoms with van der Waals surface area (Å²) in [6, 6.07) is 12.8. The Morgan fingerprint density at radius 1 is 1.19 bits per heavy atom. The first-order chi connectivity index (χ1) is 12.6. The molecule has 0 saturated heterocycles. The first kappa shape index (κ1) is 16.8. The molecule has 0 bridgehead atoms. The van der Waals surface area contributed by atoms with Crippen LogP contribution < -0.4 is 10.6 Å². The Morgan fingerprint density at radius 2 is 2.04 bits per heavy atom. The summed E-state index contributed by atoms with van der Waals surface area (Å²) in [6.45, 7) is 2.37. The number of carbonyl (C=O) groups excluding carboxylic acids is 2. The minimum absolute atomic E-state index is 0.162. The van der Waals surface area contributed by atoms with Gasteiger partial charge in [-0.15, -0.1) is 11.3 Å². The Hall–Kier alpha value is -2.64. The third-order valence-electron chi connectivity index (χ3n) is 3.93. The number of nitrogens with zero attached hydrogens (tertiary/aromatic N) is 1. The fraction of sp³-hybridized carbons (Fsp3) is 0.105. The van der Waals surface area contributed by atoms with E-state index in [0.29, 0.717) is 23.4 Å². The summed E-state index contributed by atoms with van der Waals surface area (Å²) < 4.78 is 0. The fourth-order valence-electron chi connectivity index (χ4n) is 2.67. The first-order valence-electron chi connectivity index (χ1n) is 8.02. The molecule has 1 aliphatic heterocycles. The van der Waals surface area contributed by atoms with Gasteiger partial charge in [-0.05, 0) is 37.3 Å². The Bertz CT molecular complexity index is 1010. The lowest BCUT2D eigenvalue weighted by Crippen LogP contribution is -2.22. The van der Waals surface area contributed by atoms with Crippen LogP contribution in [0.1, 0.15) is 30.6 Å². The zero-order valence-corrected chi connectivity index (χ0v) is 15.5. The molecule has 26 heavy (non-hydrogen) atoms. The zero-order valence-electron chi connectivity index (χ0n) is 13.9. The van der Waals surface area contributed by atoms with Crippen LogP contribution in [-0.2, 0) is 6.54 Å². The smallest absolute Gasteiger partial charge is 0.256 e. The molecule has 5 nitrogen and oxygen atoms in total. The standard InChI is InChI=1S/C19H15N3O2S2/c1-11-20-9-13(25-11)10-21-18(23)12-6-7-17-15(8-12)22-19(24)14-4-2-3-5-16(14)26-17/h2-9H,10H2,1H3,(H,21,23)(H,22,24). The van der Waals surface area contributed by atoms with E-state index in [1.807, 2.05) is 31.2 Å². The van der Waals surface area contributed by atoms with Gasteiger partial charge in [-0.25, -0.2) is 4.98 Å². The highest BCUT2D eigenvalue weighted by atomic mass is 32.2. The molecule has 0 spiro atoms. The van der Waals surface area contributed by atoms with E-state index in [-0.39, 0.29) is 11.8 Å². The van der Waals surface area contributed by atoms with E-state index in [4.69, 9.17) is 0 Å². The fourth-order valence-corrected chi connectivity index (χ4v) is 4.41. The molecule has 2 N–H and O–H groups in total. The Morgan fingerprint density at radius 3 is 2.85 bits per heavy atom. The first-order valence-corrected chi connectivity index (χ1v) is 9.65. The number of nitrogens with one attached hydrogen (secondary N) is 2. The highest BCUT2D eigenvalue weighted by molar-refractivity contribution is 7.99. The SMILES string of the molecule is Cc1ncc(CNC(=O)c2ccc3c(c2)NC(=O)c2ccccc2S3)s1. The molecular formula is C19H15N3O2S2. The second kappa shape index (κ2) is 6.93. The Labute approximate surface area is 158 Å². The largest absolute Gasteiger partial charge is 0.347 e. The summed E-state index contributed by atoms with van der Waals surface area (Å²) in [4.78, 5) is 31.9. The van der Waals surface area contributed by atoms with E-state index in [9.17, 15) is 9.59 Å². The number of aromatic nitrogens is 1. The van der Waals surface area contributed by atoms with Crippen LogP contribution in [-0.4, -0.2) is 16.8 Å². The van der Waals surface area contributed by atoms with Gasteiger partial charge in [-0.2, -0.15) is 0 Å². The van der Waals surface area contributed by atoms with Gasteiger partial charge in [0, 0.05) is 26.4 Å². The van der Waals surface area contributed by atoms with Crippen LogP contribution in [0.3, 0.4) is 0 Å². The van der Waals surface area contributed by atoms with E-state index < -0.39 is 0 Å². The lowest BCUT2D eigenvalue weighted by atomic mass is 10.1. The molecular weight excluding hydrogens is 366 g/mol. The van der Waals surface area contributed by atoms with Crippen molar-refractivity contribution in [3.05, 3.63) is 69.7 Å². The van der Waals surface area contributed by atoms with Gasteiger partial charge in [0.2, 0.25) is 0 Å². The third kappa shape index (κ3) is 3.36. The number of hydrogen-bond donors (Lipinski definition) is 2. The number of carbonyl (C=O) groups is 2. The Balaban J connectivity index is 1.55. The van der Waals surface area contributed by atoms with Crippen LogP contribution in [0.15, 0.2) is 58.5 Å². The van der Waals surface area contributed by atoms with Crippen LogP contribution in [0, 0.1) is 6.92 Å². The molecule has 1 aromatic heterocycles. The summed E-state index contributed by atoms with van der Waals surface area (Å²) in [5.74, 6) is -0.343. The van der Waals surface area contributed by atoms with Crippen LogP contribution in [0.4, 0.5) is 5.69 Å². The molecule has 2 amide bonds. The third-order valence-corrected chi connectivity index (χ3v) is 6.00. The number of aryl methyl sites for hydroxylation is 1. The lowest BCUT2D eigenvalue weighted by Gasteiger charge is -2.09.